The fraction of sp³-hybridized carbons (Fsp3) is 0.105. The number of benzene rings is 1. The Morgan fingerprint density at radius 2 is 2.08 bits per heavy atom. The molecule has 0 N–H and O–H groups in total. The predicted octanol–water partition coefficient (Wildman–Crippen LogP) is 4.25. The number of hydrogen-bond donors (Lipinski definition) is 0. The Morgan fingerprint density at radius 1 is 1.23 bits per heavy atom. The molecule has 0 bridgehead atoms. The number of carbonyl (C=O) groups excluding carboxylic acids is 1. The second-order valence-electron chi connectivity index (χ2n) is 5.66. The van der Waals surface area contributed by atoms with E-state index in [2.05, 4.69) is 10.3 Å². The van der Waals surface area contributed by atoms with Crippen LogP contribution in [0.2, 0.25) is 0 Å². The Hall–Kier alpha value is -3.19. The van der Waals surface area contributed by atoms with Crippen molar-refractivity contribution in [3.63, 3.8) is 0 Å². The van der Waals surface area contributed by atoms with Gasteiger partial charge in [0.2, 0.25) is 0 Å². The Kier molecular flexibility index (Phi) is 4.37. The van der Waals surface area contributed by atoms with Crippen LogP contribution >= 0.6 is 11.3 Å². The van der Waals surface area contributed by atoms with Crippen LogP contribution in [0.25, 0.3) is 16.3 Å². The molecule has 0 amide bonds. The molecule has 3 aromatic heterocycles. The van der Waals surface area contributed by atoms with E-state index in [-0.39, 0.29) is 6.61 Å². The van der Waals surface area contributed by atoms with Crippen molar-refractivity contribution in [2.75, 3.05) is 0 Å². The van der Waals surface area contributed by atoms with Crippen LogP contribution < -0.4 is 0 Å². The van der Waals surface area contributed by atoms with Crippen molar-refractivity contribution in [1.82, 2.24) is 14.9 Å². The number of esters is 1. The monoisotopic (exact) mass is 365 g/mol. The van der Waals surface area contributed by atoms with Crippen LogP contribution in [-0.4, -0.2) is 20.9 Å². The van der Waals surface area contributed by atoms with Gasteiger partial charge in [-0.25, -0.2) is 9.48 Å². The zero-order chi connectivity index (χ0) is 17.9. The average molecular weight is 365 g/mol. The third-order valence-electron chi connectivity index (χ3n) is 3.73. The lowest BCUT2D eigenvalue weighted by Crippen LogP contribution is -2.05. The molecule has 0 saturated heterocycles. The number of aryl methyl sites for hydroxylation is 1. The highest BCUT2D eigenvalue weighted by Gasteiger charge is 2.21. The molecule has 4 rings (SSSR count). The van der Waals surface area contributed by atoms with Gasteiger partial charge in [-0.15, -0.1) is 11.3 Å². The number of ether oxygens (including phenoxy) is 1. The molecule has 130 valence electrons. The summed E-state index contributed by atoms with van der Waals surface area (Å²) in [5.74, 6) is 0.0496. The fourth-order valence-corrected chi connectivity index (χ4v) is 3.25. The second kappa shape index (κ2) is 6.97. The van der Waals surface area contributed by atoms with E-state index >= 15 is 0 Å². The van der Waals surface area contributed by atoms with Crippen molar-refractivity contribution in [1.29, 1.82) is 0 Å². The molecule has 3 heterocycles. The standard InChI is InChI=1S/C19H15N3O3S/c1-13-10-15(25-21-13)12-24-19(23)16-11-22(14-6-3-2-4-7-14)20-18(16)17-8-5-9-26-17/h2-11H,12H2,1H3. The molecule has 0 atom stereocenters. The Morgan fingerprint density at radius 3 is 2.77 bits per heavy atom. The molecule has 0 aliphatic carbocycles. The molecule has 1 aromatic carbocycles. The minimum atomic E-state index is -0.454. The lowest BCUT2D eigenvalue weighted by Gasteiger charge is -2.01. The van der Waals surface area contributed by atoms with Crippen molar-refractivity contribution in [3.8, 4) is 16.3 Å². The zero-order valence-corrected chi connectivity index (χ0v) is 14.8. The third kappa shape index (κ3) is 3.29. The van der Waals surface area contributed by atoms with Crippen molar-refractivity contribution in [2.24, 2.45) is 0 Å². The summed E-state index contributed by atoms with van der Waals surface area (Å²) >= 11 is 1.52. The maximum Gasteiger partial charge on any atom is 0.342 e. The molecule has 6 nitrogen and oxygen atoms in total. The molecular formula is C19H15N3O3S. The normalized spacial score (nSPS) is 10.8. The van der Waals surface area contributed by atoms with Gasteiger partial charge in [0.15, 0.2) is 12.4 Å². The van der Waals surface area contributed by atoms with Gasteiger partial charge in [-0.05, 0) is 30.5 Å². The lowest BCUT2D eigenvalue weighted by atomic mass is 10.2. The number of carbonyl (C=O) groups is 1. The first-order valence-electron chi connectivity index (χ1n) is 7.99. The van der Waals surface area contributed by atoms with E-state index in [0.29, 0.717) is 17.0 Å². The molecule has 0 aliphatic rings. The van der Waals surface area contributed by atoms with Crippen molar-refractivity contribution in [3.05, 3.63) is 77.1 Å². The van der Waals surface area contributed by atoms with E-state index in [0.717, 1.165) is 16.3 Å². The van der Waals surface area contributed by atoms with Crippen LogP contribution in [0, 0.1) is 6.92 Å². The van der Waals surface area contributed by atoms with E-state index in [4.69, 9.17) is 9.26 Å². The molecule has 26 heavy (non-hydrogen) atoms. The van der Waals surface area contributed by atoms with E-state index in [1.165, 1.54) is 11.3 Å². The van der Waals surface area contributed by atoms with Gasteiger partial charge >= 0.3 is 5.97 Å². The van der Waals surface area contributed by atoms with Gasteiger partial charge in [0, 0.05) is 12.3 Å². The highest BCUT2D eigenvalue weighted by molar-refractivity contribution is 7.13. The first-order chi connectivity index (χ1) is 12.7. The number of thiophene rings is 1. The summed E-state index contributed by atoms with van der Waals surface area (Å²) in [5, 5.41) is 10.3. The van der Waals surface area contributed by atoms with Gasteiger partial charge in [0.05, 0.1) is 16.3 Å². The minimum absolute atomic E-state index is 0.0278. The zero-order valence-electron chi connectivity index (χ0n) is 14.0. The van der Waals surface area contributed by atoms with Crippen molar-refractivity contribution >= 4 is 17.3 Å². The Labute approximate surface area is 153 Å². The topological polar surface area (TPSA) is 70.2 Å². The van der Waals surface area contributed by atoms with Crippen LogP contribution in [-0.2, 0) is 11.3 Å². The fourth-order valence-electron chi connectivity index (χ4n) is 2.53. The van der Waals surface area contributed by atoms with E-state index in [9.17, 15) is 4.79 Å². The maximum absolute atomic E-state index is 12.7. The summed E-state index contributed by atoms with van der Waals surface area (Å²) in [6.45, 7) is 1.84. The van der Waals surface area contributed by atoms with Crippen molar-refractivity contribution < 1.29 is 14.1 Å². The first-order valence-corrected chi connectivity index (χ1v) is 8.87. The van der Waals surface area contributed by atoms with Gasteiger partial charge in [-0.1, -0.05) is 29.4 Å². The molecule has 0 fully saturated rings. The third-order valence-corrected chi connectivity index (χ3v) is 4.61. The van der Waals surface area contributed by atoms with Crippen molar-refractivity contribution in [2.45, 2.75) is 13.5 Å². The number of hydrogen-bond acceptors (Lipinski definition) is 6. The SMILES string of the molecule is Cc1cc(COC(=O)c2cn(-c3ccccc3)nc2-c2cccs2)on1. The van der Waals surface area contributed by atoms with Crippen LogP contribution in [0.1, 0.15) is 21.8 Å². The predicted molar refractivity (Wildman–Crippen MR) is 97.2 cm³/mol. The molecule has 0 unspecified atom stereocenters. The Balaban J connectivity index is 1.65. The van der Waals surface area contributed by atoms with Gasteiger partial charge in [-0.2, -0.15) is 5.10 Å². The van der Waals surface area contributed by atoms with E-state index in [1.54, 1.807) is 16.9 Å². The van der Waals surface area contributed by atoms with Gasteiger partial charge in [0.25, 0.3) is 0 Å². The molecule has 0 radical (unpaired) electrons. The Bertz CT molecular complexity index is 1020. The lowest BCUT2D eigenvalue weighted by molar-refractivity contribution is 0.0438. The second-order valence-corrected chi connectivity index (χ2v) is 6.61. The highest BCUT2D eigenvalue weighted by atomic mass is 32.1. The molecule has 4 aromatic rings. The number of rotatable bonds is 5. The summed E-state index contributed by atoms with van der Waals surface area (Å²) in [7, 11) is 0. The average Bonchev–Trinajstić information content (AvgIpc) is 3.40. The summed E-state index contributed by atoms with van der Waals surface area (Å²) in [6.07, 6.45) is 1.69. The summed E-state index contributed by atoms with van der Waals surface area (Å²) in [5.41, 5.74) is 2.62. The highest BCUT2D eigenvalue weighted by Crippen LogP contribution is 2.28. The number of nitrogens with zero attached hydrogens (tertiary/aromatic N) is 3. The summed E-state index contributed by atoms with van der Waals surface area (Å²) in [4.78, 5) is 13.6. The largest absolute Gasteiger partial charge is 0.454 e. The summed E-state index contributed by atoms with van der Waals surface area (Å²) in [6, 6.07) is 15.2. The molecule has 0 spiro atoms. The van der Waals surface area contributed by atoms with E-state index in [1.807, 2.05) is 54.8 Å². The molecule has 0 saturated carbocycles. The molecular weight excluding hydrogens is 350 g/mol. The van der Waals surface area contributed by atoms with Gasteiger partial charge < -0.3 is 9.26 Å². The maximum atomic E-state index is 12.7. The number of para-hydroxylation sites is 1. The van der Waals surface area contributed by atoms with Crippen LogP contribution in [0.15, 0.2) is 64.6 Å². The number of aromatic nitrogens is 3. The van der Waals surface area contributed by atoms with Gasteiger partial charge in [0.1, 0.15) is 11.3 Å². The quantitative estimate of drug-likeness (QED) is 0.494. The summed E-state index contributed by atoms with van der Waals surface area (Å²) < 4.78 is 12.2. The van der Waals surface area contributed by atoms with Crippen LogP contribution in [0.3, 0.4) is 0 Å². The molecule has 7 heteroatoms. The molecule has 0 aliphatic heterocycles. The van der Waals surface area contributed by atoms with Crippen LogP contribution in [0.4, 0.5) is 0 Å². The van der Waals surface area contributed by atoms with Crippen LogP contribution in [0.5, 0.6) is 0 Å². The minimum Gasteiger partial charge on any atom is -0.454 e. The smallest absolute Gasteiger partial charge is 0.342 e. The van der Waals surface area contributed by atoms with E-state index < -0.39 is 5.97 Å². The van der Waals surface area contributed by atoms with Gasteiger partial charge in [-0.3, -0.25) is 0 Å². The first kappa shape index (κ1) is 16.3.